The first-order chi connectivity index (χ1) is 7.72. The molecule has 0 radical (unpaired) electrons. The molecule has 0 saturated carbocycles. The maximum Gasteiger partial charge on any atom is 0.127 e. The van der Waals surface area contributed by atoms with Gasteiger partial charge in [-0.15, -0.1) is 0 Å². The Balaban J connectivity index is 2.46. The number of rotatable bonds is 6. The van der Waals surface area contributed by atoms with Crippen LogP contribution in [-0.2, 0) is 0 Å². The minimum Gasteiger partial charge on any atom is -0.373 e. The molecular weight excluding hydrogens is 220 g/mol. The number of hydrogen-bond acceptors (Lipinski definition) is 5. The summed E-state index contributed by atoms with van der Waals surface area (Å²) in [5, 5.41) is 13.1. The first-order valence-electron chi connectivity index (χ1n) is 5.55. The molecule has 0 fully saturated rings. The van der Waals surface area contributed by atoms with E-state index in [1.165, 1.54) is 11.5 Å². The standard InChI is InChI=1S/C11H18N4S/c1-4-15(5-2)7-6-13-11-10(8-12)9(3)14-16-11/h13H,4-7H2,1-3H3. The van der Waals surface area contributed by atoms with Crippen molar-refractivity contribution in [2.75, 3.05) is 31.5 Å². The molecule has 0 atom stereocenters. The van der Waals surface area contributed by atoms with E-state index >= 15 is 0 Å². The Labute approximate surface area is 101 Å². The van der Waals surface area contributed by atoms with Crippen molar-refractivity contribution in [2.24, 2.45) is 0 Å². The zero-order valence-corrected chi connectivity index (χ0v) is 10.9. The largest absolute Gasteiger partial charge is 0.373 e. The van der Waals surface area contributed by atoms with E-state index in [0.717, 1.165) is 36.9 Å². The second-order valence-corrected chi connectivity index (χ2v) is 4.31. The van der Waals surface area contributed by atoms with Crippen molar-refractivity contribution in [1.29, 1.82) is 5.26 Å². The number of likely N-dealkylation sites (N-methyl/N-ethyl adjacent to an activating group) is 1. The Bertz CT molecular complexity index is 363. The summed E-state index contributed by atoms with van der Waals surface area (Å²) >= 11 is 1.37. The molecule has 0 aliphatic carbocycles. The summed E-state index contributed by atoms with van der Waals surface area (Å²) < 4.78 is 4.17. The first kappa shape index (κ1) is 12.9. The van der Waals surface area contributed by atoms with Crippen LogP contribution in [0.25, 0.3) is 0 Å². The summed E-state index contributed by atoms with van der Waals surface area (Å²) in [4.78, 5) is 2.34. The van der Waals surface area contributed by atoms with Gasteiger partial charge in [0.05, 0.1) is 5.69 Å². The molecule has 1 N–H and O–H groups in total. The van der Waals surface area contributed by atoms with E-state index in [0.29, 0.717) is 5.56 Å². The van der Waals surface area contributed by atoms with Gasteiger partial charge in [0.15, 0.2) is 0 Å². The minimum absolute atomic E-state index is 0.685. The van der Waals surface area contributed by atoms with Crippen molar-refractivity contribution in [3.63, 3.8) is 0 Å². The van der Waals surface area contributed by atoms with Gasteiger partial charge in [-0.2, -0.15) is 9.64 Å². The van der Waals surface area contributed by atoms with Crippen molar-refractivity contribution in [1.82, 2.24) is 9.27 Å². The molecule has 1 rings (SSSR count). The van der Waals surface area contributed by atoms with Crippen LogP contribution in [0.3, 0.4) is 0 Å². The molecule has 0 bridgehead atoms. The average molecular weight is 238 g/mol. The predicted molar refractivity (Wildman–Crippen MR) is 67.8 cm³/mol. The van der Waals surface area contributed by atoms with Crippen LogP contribution in [0.5, 0.6) is 0 Å². The van der Waals surface area contributed by atoms with Gasteiger partial charge in [0.2, 0.25) is 0 Å². The quantitative estimate of drug-likeness (QED) is 0.824. The van der Waals surface area contributed by atoms with Crippen LogP contribution >= 0.6 is 11.5 Å². The van der Waals surface area contributed by atoms with Gasteiger partial charge >= 0.3 is 0 Å². The normalized spacial score (nSPS) is 10.4. The molecular formula is C11H18N4S. The number of nitrogens with one attached hydrogen (secondary N) is 1. The van der Waals surface area contributed by atoms with Gasteiger partial charge in [-0.3, -0.25) is 0 Å². The van der Waals surface area contributed by atoms with Crippen molar-refractivity contribution < 1.29 is 0 Å². The molecule has 4 nitrogen and oxygen atoms in total. The third-order valence-corrected chi connectivity index (χ3v) is 3.48. The maximum atomic E-state index is 8.96. The molecule has 88 valence electrons. The van der Waals surface area contributed by atoms with Gasteiger partial charge < -0.3 is 10.2 Å². The van der Waals surface area contributed by atoms with E-state index in [4.69, 9.17) is 5.26 Å². The van der Waals surface area contributed by atoms with Crippen LogP contribution in [0, 0.1) is 18.3 Å². The second kappa shape index (κ2) is 6.46. The molecule has 0 saturated heterocycles. The van der Waals surface area contributed by atoms with Crippen molar-refractivity contribution in [3.05, 3.63) is 11.3 Å². The predicted octanol–water partition coefficient (Wildman–Crippen LogP) is 2.08. The molecule has 0 amide bonds. The second-order valence-electron chi connectivity index (χ2n) is 3.54. The Morgan fingerprint density at radius 3 is 2.69 bits per heavy atom. The topological polar surface area (TPSA) is 52.0 Å². The van der Waals surface area contributed by atoms with Gasteiger partial charge in [0, 0.05) is 13.1 Å². The summed E-state index contributed by atoms with van der Waals surface area (Å²) in [7, 11) is 0. The summed E-state index contributed by atoms with van der Waals surface area (Å²) in [5.41, 5.74) is 1.50. The van der Waals surface area contributed by atoms with Gasteiger partial charge in [0.25, 0.3) is 0 Å². The molecule has 5 heteroatoms. The maximum absolute atomic E-state index is 8.96. The lowest BCUT2D eigenvalue weighted by molar-refractivity contribution is 0.316. The molecule has 1 aromatic rings. The molecule has 16 heavy (non-hydrogen) atoms. The highest BCUT2D eigenvalue weighted by atomic mass is 32.1. The number of aromatic nitrogens is 1. The van der Waals surface area contributed by atoms with E-state index in [-0.39, 0.29) is 0 Å². The third kappa shape index (κ3) is 3.19. The zero-order chi connectivity index (χ0) is 12.0. The lowest BCUT2D eigenvalue weighted by Crippen LogP contribution is -2.28. The van der Waals surface area contributed by atoms with Gasteiger partial charge in [-0.1, -0.05) is 13.8 Å². The lowest BCUT2D eigenvalue weighted by Gasteiger charge is -2.17. The Hall–Kier alpha value is -1.12. The Morgan fingerprint density at radius 2 is 2.12 bits per heavy atom. The molecule has 0 aromatic carbocycles. The summed E-state index contributed by atoms with van der Waals surface area (Å²) in [6, 6.07) is 2.18. The van der Waals surface area contributed by atoms with Crippen LogP contribution in [0.1, 0.15) is 25.1 Å². The number of nitriles is 1. The van der Waals surface area contributed by atoms with Crippen molar-refractivity contribution >= 4 is 16.5 Å². The fraction of sp³-hybridized carbons (Fsp3) is 0.636. The van der Waals surface area contributed by atoms with E-state index in [1.807, 2.05) is 6.92 Å². The molecule has 1 heterocycles. The number of hydrogen-bond donors (Lipinski definition) is 1. The molecule has 0 unspecified atom stereocenters. The van der Waals surface area contributed by atoms with Crippen LogP contribution in [0.15, 0.2) is 0 Å². The number of aryl methyl sites for hydroxylation is 1. The zero-order valence-electron chi connectivity index (χ0n) is 10.1. The van der Waals surface area contributed by atoms with Crippen LogP contribution in [-0.4, -0.2) is 35.5 Å². The summed E-state index contributed by atoms with van der Waals surface area (Å²) in [6.07, 6.45) is 0. The first-order valence-corrected chi connectivity index (χ1v) is 6.32. The fourth-order valence-electron chi connectivity index (χ4n) is 1.49. The Morgan fingerprint density at radius 1 is 1.44 bits per heavy atom. The van der Waals surface area contributed by atoms with Crippen LogP contribution in [0.4, 0.5) is 5.00 Å². The lowest BCUT2D eigenvalue weighted by atomic mass is 10.3. The smallest absolute Gasteiger partial charge is 0.127 e. The summed E-state index contributed by atoms with van der Waals surface area (Å²) in [6.45, 7) is 10.1. The molecule has 0 spiro atoms. The SMILES string of the molecule is CCN(CC)CCNc1snc(C)c1C#N. The van der Waals surface area contributed by atoms with Crippen LogP contribution < -0.4 is 5.32 Å². The number of nitrogens with zero attached hydrogens (tertiary/aromatic N) is 3. The molecule has 0 aliphatic heterocycles. The van der Waals surface area contributed by atoms with Crippen molar-refractivity contribution in [2.45, 2.75) is 20.8 Å². The highest BCUT2D eigenvalue weighted by molar-refractivity contribution is 7.10. The number of anilines is 1. The van der Waals surface area contributed by atoms with Crippen molar-refractivity contribution in [3.8, 4) is 6.07 Å². The van der Waals surface area contributed by atoms with Gasteiger partial charge in [-0.25, -0.2) is 0 Å². The van der Waals surface area contributed by atoms with E-state index < -0.39 is 0 Å². The van der Waals surface area contributed by atoms with Gasteiger partial charge in [-0.05, 0) is 31.5 Å². The summed E-state index contributed by atoms with van der Waals surface area (Å²) in [5.74, 6) is 0. The third-order valence-electron chi connectivity index (χ3n) is 2.58. The Kier molecular flexibility index (Phi) is 5.23. The molecule has 0 aliphatic rings. The minimum atomic E-state index is 0.685. The van der Waals surface area contributed by atoms with Gasteiger partial charge in [0.1, 0.15) is 16.6 Å². The fourth-order valence-corrected chi connectivity index (χ4v) is 2.26. The highest BCUT2D eigenvalue weighted by Crippen LogP contribution is 2.22. The van der Waals surface area contributed by atoms with E-state index in [9.17, 15) is 0 Å². The van der Waals surface area contributed by atoms with E-state index in [1.54, 1.807) is 0 Å². The average Bonchev–Trinajstić information content (AvgIpc) is 2.65. The van der Waals surface area contributed by atoms with Crippen LogP contribution in [0.2, 0.25) is 0 Å². The van der Waals surface area contributed by atoms with E-state index in [2.05, 4.69) is 34.5 Å². The highest BCUT2D eigenvalue weighted by Gasteiger charge is 2.09. The molecule has 1 aromatic heterocycles. The monoisotopic (exact) mass is 238 g/mol.